The number of rotatable bonds is 0. The lowest BCUT2D eigenvalue weighted by molar-refractivity contribution is -0.0408. The van der Waals surface area contributed by atoms with E-state index in [4.69, 9.17) is 4.84 Å². The minimum Gasteiger partial charge on any atom is -0.292 e. The molecule has 3 heteroatoms. The third-order valence-corrected chi connectivity index (χ3v) is 3.79. The Hall–Kier alpha value is -1.45. The summed E-state index contributed by atoms with van der Waals surface area (Å²) in [4.78, 5) is 10.3. The van der Waals surface area contributed by atoms with E-state index in [1.807, 2.05) is 6.21 Å². The van der Waals surface area contributed by atoms with Crippen molar-refractivity contribution in [1.29, 1.82) is 0 Å². The molecule has 1 aliphatic carbocycles. The van der Waals surface area contributed by atoms with Gasteiger partial charge in [0.1, 0.15) is 5.60 Å². The zero-order valence-electron chi connectivity index (χ0n) is 8.81. The van der Waals surface area contributed by atoms with Gasteiger partial charge in [0, 0.05) is 30.8 Å². The summed E-state index contributed by atoms with van der Waals surface area (Å²) < 4.78 is 0. The molecular formula is C13H12N2O. The van der Waals surface area contributed by atoms with E-state index in [-0.39, 0.29) is 5.60 Å². The minimum absolute atomic E-state index is 0.266. The summed E-state index contributed by atoms with van der Waals surface area (Å²) in [5, 5.41) is 0. The lowest BCUT2D eigenvalue weighted by atomic mass is 9.78. The van der Waals surface area contributed by atoms with Crippen LogP contribution in [-0.4, -0.2) is 19.3 Å². The van der Waals surface area contributed by atoms with Crippen LogP contribution in [0.15, 0.2) is 34.8 Å². The van der Waals surface area contributed by atoms with Gasteiger partial charge in [-0.2, -0.15) is 0 Å². The SMILES string of the molecule is C1=NCC2CNOC23C1=Cc1ccccc13. The fraction of sp³-hybridized carbons (Fsp3) is 0.308. The first kappa shape index (κ1) is 8.67. The van der Waals surface area contributed by atoms with Gasteiger partial charge in [0.2, 0.25) is 0 Å². The first-order valence-electron chi connectivity index (χ1n) is 5.63. The van der Waals surface area contributed by atoms with Gasteiger partial charge in [0.25, 0.3) is 0 Å². The van der Waals surface area contributed by atoms with E-state index in [0.717, 1.165) is 13.1 Å². The van der Waals surface area contributed by atoms with E-state index in [1.165, 1.54) is 16.7 Å². The van der Waals surface area contributed by atoms with Crippen LogP contribution in [0.3, 0.4) is 0 Å². The highest BCUT2D eigenvalue weighted by atomic mass is 16.7. The first-order valence-corrected chi connectivity index (χ1v) is 5.63. The van der Waals surface area contributed by atoms with Crippen LogP contribution in [0.4, 0.5) is 0 Å². The molecule has 16 heavy (non-hydrogen) atoms. The van der Waals surface area contributed by atoms with Crippen LogP contribution < -0.4 is 5.48 Å². The molecule has 2 unspecified atom stereocenters. The number of benzene rings is 1. The molecule has 3 aliphatic rings. The Kier molecular flexibility index (Phi) is 1.52. The molecule has 1 spiro atoms. The molecule has 2 aliphatic heterocycles. The molecule has 1 aromatic rings. The monoisotopic (exact) mass is 212 g/mol. The molecule has 4 rings (SSSR count). The maximum absolute atomic E-state index is 5.89. The second-order valence-electron chi connectivity index (χ2n) is 4.56. The van der Waals surface area contributed by atoms with Crippen molar-refractivity contribution in [3.05, 3.63) is 41.0 Å². The van der Waals surface area contributed by atoms with Gasteiger partial charge >= 0.3 is 0 Å². The second kappa shape index (κ2) is 2.81. The number of nitrogens with zero attached hydrogens (tertiary/aromatic N) is 1. The van der Waals surface area contributed by atoms with Crippen molar-refractivity contribution in [3.8, 4) is 0 Å². The van der Waals surface area contributed by atoms with Gasteiger partial charge < -0.3 is 0 Å². The Labute approximate surface area is 93.8 Å². The van der Waals surface area contributed by atoms with E-state index in [9.17, 15) is 0 Å². The molecule has 1 saturated heterocycles. The Bertz CT molecular complexity index is 520. The highest BCUT2D eigenvalue weighted by molar-refractivity contribution is 5.93. The lowest BCUT2D eigenvalue weighted by Gasteiger charge is -2.33. The largest absolute Gasteiger partial charge is 0.292 e. The Morgan fingerprint density at radius 1 is 1.38 bits per heavy atom. The highest BCUT2D eigenvalue weighted by Crippen LogP contribution is 2.50. The zero-order valence-corrected chi connectivity index (χ0v) is 8.81. The molecule has 1 fully saturated rings. The molecule has 3 nitrogen and oxygen atoms in total. The molecule has 1 aromatic carbocycles. The summed E-state index contributed by atoms with van der Waals surface area (Å²) in [5.74, 6) is 0.424. The summed E-state index contributed by atoms with van der Waals surface area (Å²) in [7, 11) is 0. The number of fused-ring (bicyclic) bond motifs is 1. The molecule has 0 aromatic heterocycles. The minimum atomic E-state index is -0.266. The predicted octanol–water partition coefficient (Wildman–Crippen LogP) is 1.51. The average Bonchev–Trinajstić information content (AvgIpc) is 2.87. The Morgan fingerprint density at radius 2 is 2.31 bits per heavy atom. The first-order chi connectivity index (χ1) is 7.91. The average molecular weight is 212 g/mol. The number of nitrogens with one attached hydrogen (secondary N) is 1. The normalized spacial score (nSPS) is 34.2. The van der Waals surface area contributed by atoms with Gasteiger partial charge in [0.15, 0.2) is 0 Å². The molecule has 0 saturated carbocycles. The maximum atomic E-state index is 5.89. The number of hydrogen-bond donors (Lipinski definition) is 1. The van der Waals surface area contributed by atoms with Crippen molar-refractivity contribution in [2.24, 2.45) is 10.9 Å². The van der Waals surface area contributed by atoms with Crippen molar-refractivity contribution in [2.75, 3.05) is 13.1 Å². The van der Waals surface area contributed by atoms with Gasteiger partial charge in [-0.1, -0.05) is 24.3 Å². The van der Waals surface area contributed by atoms with E-state index < -0.39 is 0 Å². The third-order valence-electron chi connectivity index (χ3n) is 3.79. The van der Waals surface area contributed by atoms with Crippen LogP contribution in [0.1, 0.15) is 11.1 Å². The van der Waals surface area contributed by atoms with Gasteiger partial charge in [0.05, 0.1) is 0 Å². The van der Waals surface area contributed by atoms with Crippen LogP contribution in [0.25, 0.3) is 6.08 Å². The van der Waals surface area contributed by atoms with Crippen LogP contribution in [0, 0.1) is 5.92 Å². The smallest absolute Gasteiger partial charge is 0.147 e. The predicted molar refractivity (Wildman–Crippen MR) is 62.0 cm³/mol. The summed E-state index contributed by atoms with van der Waals surface area (Å²) in [6, 6.07) is 8.45. The van der Waals surface area contributed by atoms with E-state index >= 15 is 0 Å². The molecule has 2 heterocycles. The number of hydrogen-bond acceptors (Lipinski definition) is 3. The standard InChI is InChI=1S/C13H12N2O/c1-2-4-12-9(3-1)5-10-6-14-7-11-8-15-16-13(10,11)12/h1-6,11,15H,7-8H2. The van der Waals surface area contributed by atoms with Gasteiger partial charge in [-0.25, -0.2) is 5.48 Å². The van der Waals surface area contributed by atoms with Crippen LogP contribution in [0.2, 0.25) is 0 Å². The zero-order chi connectivity index (χ0) is 10.6. The topological polar surface area (TPSA) is 33.6 Å². The van der Waals surface area contributed by atoms with Crippen LogP contribution >= 0.6 is 0 Å². The van der Waals surface area contributed by atoms with Gasteiger partial charge in [-0.3, -0.25) is 9.83 Å². The van der Waals surface area contributed by atoms with E-state index in [1.54, 1.807) is 0 Å². The maximum Gasteiger partial charge on any atom is 0.147 e. The fourth-order valence-corrected chi connectivity index (χ4v) is 3.05. The number of aliphatic imine (C=N–C) groups is 1. The molecule has 0 amide bonds. The number of hydroxylamine groups is 1. The van der Waals surface area contributed by atoms with Crippen molar-refractivity contribution < 1.29 is 4.84 Å². The van der Waals surface area contributed by atoms with Gasteiger partial charge in [-0.05, 0) is 17.2 Å². The summed E-state index contributed by atoms with van der Waals surface area (Å²) in [6.07, 6.45) is 4.15. The Morgan fingerprint density at radius 3 is 3.31 bits per heavy atom. The molecule has 0 radical (unpaired) electrons. The quantitative estimate of drug-likeness (QED) is 0.707. The molecule has 0 bridgehead atoms. The highest BCUT2D eigenvalue weighted by Gasteiger charge is 2.53. The molecule has 2 atom stereocenters. The molecular weight excluding hydrogens is 200 g/mol. The lowest BCUT2D eigenvalue weighted by Crippen LogP contribution is -2.38. The summed E-state index contributed by atoms with van der Waals surface area (Å²) >= 11 is 0. The summed E-state index contributed by atoms with van der Waals surface area (Å²) in [5.41, 5.74) is 6.52. The van der Waals surface area contributed by atoms with Crippen molar-refractivity contribution in [3.63, 3.8) is 0 Å². The van der Waals surface area contributed by atoms with Crippen LogP contribution in [0.5, 0.6) is 0 Å². The van der Waals surface area contributed by atoms with Crippen molar-refractivity contribution >= 4 is 12.3 Å². The molecule has 80 valence electrons. The second-order valence-corrected chi connectivity index (χ2v) is 4.56. The van der Waals surface area contributed by atoms with Gasteiger partial charge in [-0.15, -0.1) is 0 Å². The van der Waals surface area contributed by atoms with E-state index in [2.05, 4.69) is 40.8 Å². The van der Waals surface area contributed by atoms with Crippen LogP contribution in [-0.2, 0) is 10.4 Å². The fourth-order valence-electron chi connectivity index (χ4n) is 3.05. The Balaban J connectivity index is 2.02. The molecule has 1 N–H and O–H groups in total. The summed E-state index contributed by atoms with van der Waals surface area (Å²) in [6.45, 7) is 1.72. The van der Waals surface area contributed by atoms with E-state index in [0.29, 0.717) is 5.92 Å². The van der Waals surface area contributed by atoms with Crippen molar-refractivity contribution in [2.45, 2.75) is 5.60 Å². The third kappa shape index (κ3) is 0.844. The van der Waals surface area contributed by atoms with Crippen molar-refractivity contribution in [1.82, 2.24) is 5.48 Å².